The maximum absolute atomic E-state index is 12.0. The molecule has 0 aliphatic rings. The standard InChI is InChI=1S/C14H20N2O4/c1-20-12(9-5-6-10-13(17)16-19)14(18)15-11-7-3-2-4-8-11/h2-4,7-8,12,19H,5-6,9-10H2,1H3,(H,15,18)(H,16,17)/t12-/m0/s1. The Bertz CT molecular complexity index is 422. The fraction of sp³-hybridized carbons (Fsp3) is 0.429. The summed E-state index contributed by atoms with van der Waals surface area (Å²) in [5.74, 6) is -0.627. The van der Waals surface area contributed by atoms with Crippen molar-refractivity contribution < 1.29 is 19.5 Å². The van der Waals surface area contributed by atoms with Gasteiger partial charge in [-0.2, -0.15) is 0 Å². The largest absolute Gasteiger partial charge is 0.372 e. The summed E-state index contributed by atoms with van der Waals surface area (Å²) in [5.41, 5.74) is 2.29. The van der Waals surface area contributed by atoms with Crippen LogP contribution < -0.4 is 10.8 Å². The predicted molar refractivity (Wildman–Crippen MR) is 74.3 cm³/mol. The first-order chi connectivity index (χ1) is 9.67. The first-order valence-corrected chi connectivity index (χ1v) is 6.49. The zero-order valence-corrected chi connectivity index (χ0v) is 11.5. The van der Waals surface area contributed by atoms with Crippen LogP contribution in [0.5, 0.6) is 0 Å². The Morgan fingerprint density at radius 1 is 1.25 bits per heavy atom. The van der Waals surface area contributed by atoms with Crippen molar-refractivity contribution in [1.82, 2.24) is 5.48 Å². The van der Waals surface area contributed by atoms with Crippen molar-refractivity contribution in [2.75, 3.05) is 12.4 Å². The molecule has 1 aromatic rings. The Hall–Kier alpha value is -1.92. The summed E-state index contributed by atoms with van der Waals surface area (Å²) < 4.78 is 5.16. The van der Waals surface area contributed by atoms with E-state index in [0.717, 1.165) is 5.69 Å². The number of nitrogens with one attached hydrogen (secondary N) is 2. The Morgan fingerprint density at radius 2 is 1.95 bits per heavy atom. The molecule has 0 spiro atoms. The van der Waals surface area contributed by atoms with Crippen LogP contribution >= 0.6 is 0 Å². The number of anilines is 1. The number of amides is 2. The van der Waals surface area contributed by atoms with Gasteiger partial charge in [0.25, 0.3) is 5.91 Å². The molecule has 0 radical (unpaired) electrons. The van der Waals surface area contributed by atoms with Crippen LogP contribution in [0, 0.1) is 0 Å². The molecule has 110 valence electrons. The molecule has 6 heteroatoms. The topological polar surface area (TPSA) is 87.7 Å². The first kappa shape index (κ1) is 16.1. The van der Waals surface area contributed by atoms with Crippen LogP contribution in [-0.2, 0) is 14.3 Å². The highest BCUT2D eigenvalue weighted by molar-refractivity contribution is 5.94. The highest BCUT2D eigenvalue weighted by Crippen LogP contribution is 2.11. The van der Waals surface area contributed by atoms with E-state index in [1.807, 2.05) is 18.2 Å². The van der Waals surface area contributed by atoms with Gasteiger partial charge in [0.05, 0.1) is 0 Å². The first-order valence-electron chi connectivity index (χ1n) is 6.49. The predicted octanol–water partition coefficient (Wildman–Crippen LogP) is 1.71. The van der Waals surface area contributed by atoms with E-state index in [1.165, 1.54) is 7.11 Å². The third-order valence-corrected chi connectivity index (χ3v) is 2.86. The zero-order chi connectivity index (χ0) is 14.8. The van der Waals surface area contributed by atoms with E-state index in [0.29, 0.717) is 19.3 Å². The van der Waals surface area contributed by atoms with Crippen molar-refractivity contribution >= 4 is 17.5 Å². The van der Waals surface area contributed by atoms with Crippen molar-refractivity contribution in [2.45, 2.75) is 31.8 Å². The Morgan fingerprint density at radius 3 is 2.55 bits per heavy atom. The molecule has 0 aliphatic heterocycles. The van der Waals surface area contributed by atoms with E-state index >= 15 is 0 Å². The number of rotatable bonds is 8. The quantitative estimate of drug-likeness (QED) is 0.384. The number of methoxy groups -OCH3 is 1. The van der Waals surface area contributed by atoms with Crippen molar-refractivity contribution in [3.05, 3.63) is 30.3 Å². The summed E-state index contributed by atoms with van der Waals surface area (Å²) in [6.07, 6.45) is 1.45. The Kier molecular flexibility index (Phi) is 7.31. The van der Waals surface area contributed by atoms with Crippen molar-refractivity contribution in [2.24, 2.45) is 0 Å². The monoisotopic (exact) mass is 280 g/mol. The molecular weight excluding hydrogens is 260 g/mol. The smallest absolute Gasteiger partial charge is 0.253 e. The summed E-state index contributed by atoms with van der Waals surface area (Å²) in [7, 11) is 1.48. The minimum absolute atomic E-state index is 0.203. The number of para-hydroxylation sites is 1. The number of ether oxygens (including phenoxy) is 1. The van der Waals surface area contributed by atoms with Gasteiger partial charge in [0.2, 0.25) is 5.91 Å². The third-order valence-electron chi connectivity index (χ3n) is 2.86. The fourth-order valence-corrected chi connectivity index (χ4v) is 1.77. The van der Waals surface area contributed by atoms with Gasteiger partial charge in [-0.1, -0.05) is 18.2 Å². The molecule has 0 fully saturated rings. The van der Waals surface area contributed by atoms with Gasteiger partial charge in [0.15, 0.2) is 0 Å². The van der Waals surface area contributed by atoms with Gasteiger partial charge in [-0.15, -0.1) is 0 Å². The van der Waals surface area contributed by atoms with Gasteiger partial charge in [-0.05, 0) is 31.4 Å². The van der Waals surface area contributed by atoms with Gasteiger partial charge in [0, 0.05) is 19.2 Å². The van der Waals surface area contributed by atoms with E-state index in [-0.39, 0.29) is 12.3 Å². The van der Waals surface area contributed by atoms with Crippen LogP contribution in [0.1, 0.15) is 25.7 Å². The van der Waals surface area contributed by atoms with Gasteiger partial charge in [-0.3, -0.25) is 14.8 Å². The minimum atomic E-state index is -0.549. The SMILES string of the molecule is CO[C@@H](CCCCC(=O)NO)C(=O)Nc1ccccc1. The number of carbonyl (C=O) groups excluding carboxylic acids is 2. The maximum atomic E-state index is 12.0. The molecule has 1 rings (SSSR count). The van der Waals surface area contributed by atoms with E-state index in [4.69, 9.17) is 9.94 Å². The van der Waals surface area contributed by atoms with Crippen LogP contribution in [0.2, 0.25) is 0 Å². The molecule has 0 bridgehead atoms. The number of carbonyl (C=O) groups is 2. The van der Waals surface area contributed by atoms with Gasteiger partial charge in [-0.25, -0.2) is 5.48 Å². The van der Waals surface area contributed by atoms with Crippen molar-refractivity contribution in [1.29, 1.82) is 0 Å². The second-order valence-corrected chi connectivity index (χ2v) is 4.36. The summed E-state index contributed by atoms with van der Waals surface area (Å²) in [6.45, 7) is 0. The van der Waals surface area contributed by atoms with E-state index in [1.54, 1.807) is 17.6 Å². The van der Waals surface area contributed by atoms with E-state index < -0.39 is 12.0 Å². The van der Waals surface area contributed by atoms with Gasteiger partial charge >= 0.3 is 0 Å². The molecule has 2 amide bonds. The lowest BCUT2D eigenvalue weighted by molar-refractivity contribution is -0.129. The molecule has 0 aromatic heterocycles. The molecule has 0 aliphatic carbocycles. The molecular formula is C14H20N2O4. The summed E-state index contributed by atoms with van der Waals surface area (Å²) in [6, 6.07) is 9.15. The average molecular weight is 280 g/mol. The number of hydrogen-bond donors (Lipinski definition) is 3. The molecule has 1 atom stereocenters. The third kappa shape index (κ3) is 5.81. The van der Waals surface area contributed by atoms with Gasteiger partial charge in [0.1, 0.15) is 6.10 Å². The lowest BCUT2D eigenvalue weighted by atomic mass is 10.1. The lowest BCUT2D eigenvalue weighted by Crippen LogP contribution is -2.29. The second-order valence-electron chi connectivity index (χ2n) is 4.36. The molecule has 0 saturated heterocycles. The molecule has 1 aromatic carbocycles. The molecule has 3 N–H and O–H groups in total. The molecule has 0 heterocycles. The van der Waals surface area contributed by atoms with Crippen LogP contribution in [0.3, 0.4) is 0 Å². The number of hydrogen-bond acceptors (Lipinski definition) is 4. The molecule has 6 nitrogen and oxygen atoms in total. The zero-order valence-electron chi connectivity index (χ0n) is 11.5. The van der Waals surface area contributed by atoms with Crippen molar-refractivity contribution in [3.8, 4) is 0 Å². The van der Waals surface area contributed by atoms with E-state index in [9.17, 15) is 9.59 Å². The minimum Gasteiger partial charge on any atom is -0.372 e. The summed E-state index contributed by atoms with van der Waals surface area (Å²) in [4.78, 5) is 22.8. The number of benzene rings is 1. The van der Waals surface area contributed by atoms with Crippen LogP contribution in [-0.4, -0.2) is 30.2 Å². The van der Waals surface area contributed by atoms with Crippen LogP contribution in [0.4, 0.5) is 5.69 Å². The average Bonchev–Trinajstić information content (AvgIpc) is 2.47. The molecule has 20 heavy (non-hydrogen) atoms. The number of unbranched alkanes of at least 4 members (excludes halogenated alkanes) is 1. The lowest BCUT2D eigenvalue weighted by Gasteiger charge is -2.15. The summed E-state index contributed by atoms with van der Waals surface area (Å²) >= 11 is 0. The highest BCUT2D eigenvalue weighted by atomic mass is 16.5. The van der Waals surface area contributed by atoms with Crippen LogP contribution in [0.25, 0.3) is 0 Å². The second kappa shape index (κ2) is 9.06. The molecule has 0 saturated carbocycles. The molecule has 0 unspecified atom stereocenters. The van der Waals surface area contributed by atoms with Gasteiger partial charge < -0.3 is 10.1 Å². The highest BCUT2D eigenvalue weighted by Gasteiger charge is 2.17. The summed E-state index contributed by atoms with van der Waals surface area (Å²) in [5, 5.41) is 11.1. The van der Waals surface area contributed by atoms with Crippen molar-refractivity contribution in [3.63, 3.8) is 0 Å². The Balaban J connectivity index is 2.34. The Labute approximate surface area is 118 Å². The van der Waals surface area contributed by atoms with E-state index in [2.05, 4.69) is 5.32 Å². The number of hydroxylamine groups is 1. The van der Waals surface area contributed by atoms with Crippen LogP contribution in [0.15, 0.2) is 30.3 Å². The normalized spacial score (nSPS) is 11.7. The maximum Gasteiger partial charge on any atom is 0.253 e. The fourth-order valence-electron chi connectivity index (χ4n) is 1.77.